The maximum atomic E-state index is 10.7. The highest BCUT2D eigenvalue weighted by Crippen LogP contribution is 2.41. The second kappa shape index (κ2) is 5.14. The molecule has 1 N–H and O–H groups in total. The number of aromatic hydroxyl groups is 1. The van der Waals surface area contributed by atoms with Crippen molar-refractivity contribution in [3.05, 3.63) is 42.0 Å². The third-order valence-corrected chi connectivity index (χ3v) is 3.62. The summed E-state index contributed by atoms with van der Waals surface area (Å²) in [5, 5.41) is 10.7. The Morgan fingerprint density at radius 1 is 0.762 bits per heavy atom. The zero-order valence-corrected chi connectivity index (χ0v) is 13.7. The first kappa shape index (κ1) is 15.5. The Morgan fingerprint density at radius 3 is 1.57 bits per heavy atom. The zero-order chi connectivity index (χ0) is 15.8. The molecule has 3 nitrogen and oxygen atoms in total. The van der Waals surface area contributed by atoms with E-state index in [0.29, 0.717) is 5.75 Å². The highest BCUT2D eigenvalue weighted by molar-refractivity contribution is 5.67. The average molecular weight is 284 g/mol. The number of hydrogen-bond acceptors (Lipinski definition) is 3. The summed E-state index contributed by atoms with van der Waals surface area (Å²) in [5.41, 5.74) is 3.66. The molecule has 0 unspecified atom stereocenters. The van der Waals surface area contributed by atoms with Crippen LogP contribution in [0.5, 0.6) is 5.75 Å². The molecule has 112 valence electrons. The number of benzene rings is 1. The molecule has 3 heteroatoms. The molecule has 0 amide bonds. The van der Waals surface area contributed by atoms with Crippen molar-refractivity contribution in [2.24, 2.45) is 0 Å². The van der Waals surface area contributed by atoms with Gasteiger partial charge in [0.05, 0.1) is 0 Å². The minimum atomic E-state index is -0.129. The second-order valence-electron chi connectivity index (χ2n) is 7.55. The summed E-state index contributed by atoms with van der Waals surface area (Å²) in [5.74, 6) is 0.399. The van der Waals surface area contributed by atoms with Crippen LogP contribution in [0, 0.1) is 0 Å². The lowest BCUT2D eigenvalue weighted by Gasteiger charge is -2.28. The second-order valence-corrected chi connectivity index (χ2v) is 7.55. The summed E-state index contributed by atoms with van der Waals surface area (Å²) in [6, 6.07) is 4.09. The number of nitrogens with zero attached hydrogens (tertiary/aromatic N) is 2. The monoisotopic (exact) mass is 284 g/mol. The molecule has 2 aromatic rings. The van der Waals surface area contributed by atoms with Gasteiger partial charge in [-0.2, -0.15) is 0 Å². The summed E-state index contributed by atoms with van der Waals surface area (Å²) < 4.78 is 0. The summed E-state index contributed by atoms with van der Waals surface area (Å²) in [6.07, 6.45) is 5.13. The fraction of sp³-hybridized carbons (Fsp3) is 0.444. The Bertz CT molecular complexity index is 599. The van der Waals surface area contributed by atoms with E-state index < -0.39 is 0 Å². The topological polar surface area (TPSA) is 46.0 Å². The van der Waals surface area contributed by atoms with Gasteiger partial charge >= 0.3 is 0 Å². The molecule has 1 aromatic carbocycles. The molecule has 0 aliphatic rings. The van der Waals surface area contributed by atoms with E-state index in [1.807, 2.05) is 12.1 Å². The number of phenols is 1. The van der Waals surface area contributed by atoms with E-state index in [9.17, 15) is 5.11 Å². The third kappa shape index (κ3) is 3.23. The minimum absolute atomic E-state index is 0.129. The maximum absolute atomic E-state index is 10.7. The Hall–Kier alpha value is -1.90. The van der Waals surface area contributed by atoms with Crippen molar-refractivity contribution in [1.82, 2.24) is 9.97 Å². The lowest BCUT2D eigenvalue weighted by Crippen LogP contribution is -2.17. The molecule has 0 fully saturated rings. The Labute approximate surface area is 127 Å². The molecule has 0 saturated heterocycles. The van der Waals surface area contributed by atoms with Crippen molar-refractivity contribution in [3.8, 4) is 16.9 Å². The van der Waals surface area contributed by atoms with Crippen molar-refractivity contribution >= 4 is 0 Å². The van der Waals surface area contributed by atoms with Gasteiger partial charge in [0.25, 0.3) is 0 Å². The molecule has 0 aliphatic heterocycles. The van der Waals surface area contributed by atoms with Crippen LogP contribution in [0.3, 0.4) is 0 Å². The van der Waals surface area contributed by atoms with Crippen molar-refractivity contribution in [2.75, 3.05) is 0 Å². The lowest BCUT2D eigenvalue weighted by atomic mass is 9.78. The Kier molecular flexibility index (Phi) is 3.79. The standard InChI is InChI=1S/C18H24N2O/c1-17(2,3)14-7-12(13-9-19-11-20-10-13)8-15(16(14)21)18(4,5)6/h7-11,21H,1-6H3. The van der Waals surface area contributed by atoms with Gasteiger partial charge in [-0.3, -0.25) is 0 Å². The summed E-state index contributed by atoms with van der Waals surface area (Å²) in [7, 11) is 0. The highest BCUT2D eigenvalue weighted by atomic mass is 16.3. The van der Waals surface area contributed by atoms with Crippen LogP contribution < -0.4 is 0 Å². The molecule has 0 radical (unpaired) electrons. The molecule has 1 aromatic heterocycles. The maximum Gasteiger partial charge on any atom is 0.123 e. The van der Waals surface area contributed by atoms with Gasteiger partial charge in [-0.25, -0.2) is 9.97 Å². The fourth-order valence-electron chi connectivity index (χ4n) is 2.39. The van der Waals surface area contributed by atoms with Crippen LogP contribution in [0.2, 0.25) is 0 Å². The van der Waals surface area contributed by atoms with Gasteiger partial charge in [-0.05, 0) is 28.5 Å². The SMILES string of the molecule is CC(C)(C)c1cc(-c2cncnc2)cc(C(C)(C)C)c1O. The van der Waals surface area contributed by atoms with Gasteiger partial charge in [0.15, 0.2) is 0 Å². The van der Waals surface area contributed by atoms with Crippen LogP contribution in [-0.4, -0.2) is 15.1 Å². The molecule has 0 saturated carbocycles. The molecule has 0 atom stereocenters. The summed E-state index contributed by atoms with van der Waals surface area (Å²) >= 11 is 0. The van der Waals surface area contributed by atoms with E-state index in [1.165, 1.54) is 6.33 Å². The van der Waals surface area contributed by atoms with Gasteiger partial charge < -0.3 is 5.11 Å². The summed E-state index contributed by atoms with van der Waals surface area (Å²) in [6.45, 7) is 12.7. The fourth-order valence-corrected chi connectivity index (χ4v) is 2.39. The van der Waals surface area contributed by atoms with Crippen molar-refractivity contribution < 1.29 is 5.11 Å². The van der Waals surface area contributed by atoms with Crippen LogP contribution >= 0.6 is 0 Å². The van der Waals surface area contributed by atoms with Crippen molar-refractivity contribution in [2.45, 2.75) is 52.4 Å². The molecular weight excluding hydrogens is 260 g/mol. The van der Waals surface area contributed by atoms with Crippen LogP contribution in [0.4, 0.5) is 0 Å². The van der Waals surface area contributed by atoms with E-state index in [-0.39, 0.29) is 10.8 Å². The van der Waals surface area contributed by atoms with E-state index in [1.54, 1.807) is 12.4 Å². The van der Waals surface area contributed by atoms with Gasteiger partial charge in [0.1, 0.15) is 12.1 Å². The normalized spacial score (nSPS) is 12.5. The van der Waals surface area contributed by atoms with Gasteiger partial charge in [-0.15, -0.1) is 0 Å². The highest BCUT2D eigenvalue weighted by Gasteiger charge is 2.26. The van der Waals surface area contributed by atoms with Crippen LogP contribution in [-0.2, 0) is 10.8 Å². The molecular formula is C18H24N2O. The first-order valence-electron chi connectivity index (χ1n) is 7.24. The molecule has 2 rings (SSSR count). The number of hydrogen-bond donors (Lipinski definition) is 1. The molecule has 0 aliphatic carbocycles. The first-order chi connectivity index (χ1) is 9.60. The van der Waals surface area contributed by atoms with Crippen LogP contribution in [0.15, 0.2) is 30.9 Å². The Morgan fingerprint density at radius 2 is 1.19 bits per heavy atom. The van der Waals surface area contributed by atoms with Gasteiger partial charge in [0.2, 0.25) is 0 Å². The van der Waals surface area contributed by atoms with Crippen molar-refractivity contribution in [1.29, 1.82) is 0 Å². The number of rotatable bonds is 1. The van der Waals surface area contributed by atoms with Gasteiger partial charge in [-0.1, -0.05) is 41.5 Å². The zero-order valence-electron chi connectivity index (χ0n) is 13.7. The van der Waals surface area contributed by atoms with Crippen molar-refractivity contribution in [3.63, 3.8) is 0 Å². The van der Waals surface area contributed by atoms with Gasteiger partial charge in [0, 0.05) is 29.1 Å². The van der Waals surface area contributed by atoms with Crippen LogP contribution in [0.25, 0.3) is 11.1 Å². The molecule has 0 bridgehead atoms. The van der Waals surface area contributed by atoms with E-state index in [4.69, 9.17) is 0 Å². The molecule has 1 heterocycles. The largest absolute Gasteiger partial charge is 0.507 e. The quantitative estimate of drug-likeness (QED) is 0.841. The van der Waals surface area contributed by atoms with E-state index >= 15 is 0 Å². The number of phenolic OH excluding ortho intramolecular Hbond substituents is 1. The number of aromatic nitrogens is 2. The lowest BCUT2D eigenvalue weighted by molar-refractivity contribution is 0.423. The smallest absolute Gasteiger partial charge is 0.123 e. The van der Waals surface area contributed by atoms with Crippen LogP contribution in [0.1, 0.15) is 52.7 Å². The predicted molar refractivity (Wildman–Crippen MR) is 86.5 cm³/mol. The predicted octanol–water partition coefficient (Wildman–Crippen LogP) is 4.44. The van der Waals surface area contributed by atoms with E-state index in [2.05, 4.69) is 51.5 Å². The molecule has 21 heavy (non-hydrogen) atoms. The van der Waals surface area contributed by atoms with E-state index in [0.717, 1.165) is 22.3 Å². The molecule has 0 spiro atoms. The Balaban J connectivity index is 2.75. The average Bonchev–Trinajstić information content (AvgIpc) is 2.37. The third-order valence-electron chi connectivity index (χ3n) is 3.62. The first-order valence-corrected chi connectivity index (χ1v) is 7.24. The summed E-state index contributed by atoms with van der Waals surface area (Å²) in [4.78, 5) is 8.19. The minimum Gasteiger partial charge on any atom is -0.507 e.